The summed E-state index contributed by atoms with van der Waals surface area (Å²) >= 11 is 12.1. The molecule has 2 amide bonds. The molecule has 3 aromatic carbocycles. The van der Waals surface area contributed by atoms with Gasteiger partial charge in [0.05, 0.1) is 10.6 Å². The molecule has 0 heterocycles. The topological polar surface area (TPSA) is 86.8 Å². The fourth-order valence-electron chi connectivity index (χ4n) is 4.93. The normalized spacial score (nSPS) is 14.5. The molecule has 1 N–H and O–H groups in total. The Kier molecular flexibility index (Phi) is 10.1. The van der Waals surface area contributed by atoms with Crippen molar-refractivity contribution >= 4 is 50.7 Å². The molecule has 0 unspecified atom stereocenters. The highest BCUT2D eigenvalue weighted by Crippen LogP contribution is 2.26. The molecule has 10 heteroatoms. The molecule has 1 saturated carbocycles. The molecule has 1 fully saturated rings. The number of halogens is 2. The van der Waals surface area contributed by atoms with Crippen molar-refractivity contribution in [3.05, 3.63) is 94.5 Å². The number of benzene rings is 3. The van der Waals surface area contributed by atoms with E-state index in [1.54, 1.807) is 54.6 Å². The van der Waals surface area contributed by atoms with Crippen LogP contribution in [0.3, 0.4) is 0 Å². The molecule has 0 spiro atoms. The van der Waals surface area contributed by atoms with Crippen LogP contribution in [0.4, 0.5) is 5.69 Å². The van der Waals surface area contributed by atoms with Gasteiger partial charge in [0, 0.05) is 22.6 Å². The van der Waals surface area contributed by atoms with Crippen LogP contribution >= 0.6 is 23.2 Å². The van der Waals surface area contributed by atoms with Crippen molar-refractivity contribution < 1.29 is 18.0 Å². The van der Waals surface area contributed by atoms with Crippen LogP contribution < -0.4 is 9.62 Å². The molecule has 1 aliphatic rings. The van der Waals surface area contributed by atoms with E-state index in [9.17, 15) is 18.0 Å². The van der Waals surface area contributed by atoms with Crippen LogP contribution in [0.5, 0.6) is 0 Å². The molecule has 40 heavy (non-hydrogen) atoms. The summed E-state index contributed by atoms with van der Waals surface area (Å²) < 4.78 is 28.7. The van der Waals surface area contributed by atoms with Gasteiger partial charge in [0.1, 0.15) is 12.6 Å². The zero-order valence-corrected chi connectivity index (χ0v) is 24.6. The van der Waals surface area contributed by atoms with E-state index in [4.69, 9.17) is 23.2 Å². The number of carbonyl (C=O) groups is 2. The second kappa shape index (κ2) is 13.5. The van der Waals surface area contributed by atoms with Gasteiger partial charge in [0.15, 0.2) is 0 Å². The quantitative estimate of drug-likeness (QED) is 0.289. The summed E-state index contributed by atoms with van der Waals surface area (Å²) in [5, 5.41) is 4.06. The summed E-state index contributed by atoms with van der Waals surface area (Å²) in [7, 11) is -4.14. The summed E-state index contributed by atoms with van der Waals surface area (Å²) in [6, 6.07) is 20.6. The van der Waals surface area contributed by atoms with Crippen molar-refractivity contribution in [2.24, 2.45) is 0 Å². The van der Waals surface area contributed by atoms with Crippen molar-refractivity contribution in [3.8, 4) is 0 Å². The standard InChI is InChI=1S/C30H33Cl2N3O4S/c1-2-28(30(37)33-25-8-6-7-9-25)34(20-22-12-14-23(31)15-13-22)29(36)21-35(26-10-4-3-5-11-26)40(38,39)27-18-16-24(32)17-19-27/h3-5,10-19,25,28H,2,6-9,20-21H2,1H3,(H,33,37)/t28-/m0/s1. The van der Waals surface area contributed by atoms with Crippen LogP contribution in [-0.4, -0.2) is 43.8 Å². The Balaban J connectivity index is 1.68. The first-order valence-corrected chi connectivity index (χ1v) is 15.6. The molecule has 1 atom stereocenters. The second-order valence-electron chi connectivity index (χ2n) is 9.86. The van der Waals surface area contributed by atoms with Gasteiger partial charge in [-0.2, -0.15) is 0 Å². The van der Waals surface area contributed by atoms with Crippen molar-refractivity contribution in [1.29, 1.82) is 0 Å². The van der Waals surface area contributed by atoms with Gasteiger partial charge < -0.3 is 10.2 Å². The fraction of sp³-hybridized carbons (Fsp3) is 0.333. The highest BCUT2D eigenvalue weighted by molar-refractivity contribution is 7.92. The van der Waals surface area contributed by atoms with Crippen molar-refractivity contribution in [3.63, 3.8) is 0 Å². The Labute approximate surface area is 246 Å². The number of rotatable bonds is 11. The zero-order chi connectivity index (χ0) is 28.7. The number of nitrogens with one attached hydrogen (secondary N) is 1. The molecule has 7 nitrogen and oxygen atoms in total. The number of anilines is 1. The molecule has 0 aliphatic heterocycles. The van der Waals surface area contributed by atoms with Crippen molar-refractivity contribution in [2.45, 2.75) is 62.6 Å². The van der Waals surface area contributed by atoms with Gasteiger partial charge in [0.25, 0.3) is 10.0 Å². The average molecular weight is 603 g/mol. The monoisotopic (exact) mass is 601 g/mol. The van der Waals surface area contributed by atoms with Gasteiger partial charge in [-0.15, -0.1) is 0 Å². The van der Waals surface area contributed by atoms with E-state index in [0.717, 1.165) is 35.6 Å². The largest absolute Gasteiger partial charge is 0.352 e. The Morgan fingerprint density at radius 3 is 2.05 bits per heavy atom. The van der Waals surface area contributed by atoms with Crippen LogP contribution in [0.25, 0.3) is 0 Å². The summed E-state index contributed by atoms with van der Waals surface area (Å²) in [5.74, 6) is -0.728. The maximum atomic E-state index is 14.1. The minimum absolute atomic E-state index is 0.00354. The number of carbonyl (C=O) groups excluding carboxylic acids is 2. The number of sulfonamides is 1. The van der Waals surface area contributed by atoms with E-state index >= 15 is 0 Å². The molecule has 212 valence electrons. The maximum Gasteiger partial charge on any atom is 0.264 e. The summed E-state index contributed by atoms with van der Waals surface area (Å²) in [4.78, 5) is 29.0. The highest BCUT2D eigenvalue weighted by atomic mass is 35.5. The predicted octanol–water partition coefficient (Wildman–Crippen LogP) is 6.05. The number of nitrogens with zero attached hydrogens (tertiary/aromatic N) is 2. The van der Waals surface area contributed by atoms with Gasteiger partial charge in [-0.1, -0.05) is 73.3 Å². The lowest BCUT2D eigenvalue weighted by Crippen LogP contribution is -2.53. The van der Waals surface area contributed by atoms with Gasteiger partial charge in [-0.25, -0.2) is 8.42 Å². The smallest absolute Gasteiger partial charge is 0.264 e. The third kappa shape index (κ3) is 7.36. The van der Waals surface area contributed by atoms with E-state index in [0.29, 0.717) is 22.2 Å². The van der Waals surface area contributed by atoms with Gasteiger partial charge >= 0.3 is 0 Å². The van der Waals surface area contributed by atoms with Crippen molar-refractivity contribution in [1.82, 2.24) is 10.2 Å². The number of amides is 2. The number of hydrogen-bond acceptors (Lipinski definition) is 4. The van der Waals surface area contributed by atoms with Gasteiger partial charge in [-0.05, 0) is 73.4 Å². The molecule has 0 radical (unpaired) electrons. The lowest BCUT2D eigenvalue weighted by Gasteiger charge is -2.33. The minimum atomic E-state index is -4.14. The molecule has 4 rings (SSSR count). The highest BCUT2D eigenvalue weighted by Gasteiger charge is 2.34. The first kappa shape index (κ1) is 29.9. The number of para-hydroxylation sites is 1. The van der Waals surface area contributed by atoms with E-state index in [1.807, 2.05) is 6.92 Å². The van der Waals surface area contributed by atoms with E-state index in [1.165, 1.54) is 29.2 Å². The number of hydrogen-bond donors (Lipinski definition) is 1. The third-order valence-electron chi connectivity index (χ3n) is 7.08. The first-order chi connectivity index (χ1) is 19.2. The molecular weight excluding hydrogens is 569 g/mol. The summed E-state index contributed by atoms with van der Waals surface area (Å²) in [5.41, 5.74) is 1.11. The Bertz CT molecular complexity index is 1400. The van der Waals surface area contributed by atoms with E-state index in [-0.39, 0.29) is 23.4 Å². The van der Waals surface area contributed by atoms with Crippen LogP contribution in [0.1, 0.15) is 44.6 Å². The summed E-state index contributed by atoms with van der Waals surface area (Å²) in [6.07, 6.45) is 4.31. The molecule has 0 bridgehead atoms. The molecule has 0 saturated heterocycles. The Hall–Kier alpha value is -3.07. The van der Waals surface area contributed by atoms with Crippen molar-refractivity contribution in [2.75, 3.05) is 10.8 Å². The first-order valence-electron chi connectivity index (χ1n) is 13.4. The molecule has 3 aromatic rings. The van der Waals surface area contributed by atoms with Gasteiger partial charge in [-0.3, -0.25) is 13.9 Å². The second-order valence-corrected chi connectivity index (χ2v) is 12.6. The Morgan fingerprint density at radius 1 is 0.900 bits per heavy atom. The SMILES string of the molecule is CC[C@@H](C(=O)NC1CCCC1)N(Cc1ccc(Cl)cc1)C(=O)CN(c1ccccc1)S(=O)(=O)c1ccc(Cl)cc1. The molecule has 0 aromatic heterocycles. The lowest BCUT2D eigenvalue weighted by molar-refractivity contribution is -0.140. The lowest BCUT2D eigenvalue weighted by atomic mass is 10.1. The Morgan fingerprint density at radius 2 is 1.48 bits per heavy atom. The maximum absolute atomic E-state index is 14.1. The van der Waals surface area contributed by atoms with Crippen LogP contribution in [0.2, 0.25) is 10.0 Å². The van der Waals surface area contributed by atoms with E-state index in [2.05, 4.69) is 5.32 Å². The van der Waals surface area contributed by atoms with Crippen LogP contribution in [0.15, 0.2) is 83.8 Å². The fourth-order valence-corrected chi connectivity index (χ4v) is 6.60. The van der Waals surface area contributed by atoms with Gasteiger partial charge in [0.2, 0.25) is 11.8 Å². The third-order valence-corrected chi connectivity index (χ3v) is 9.37. The molecular formula is C30H33Cl2N3O4S. The average Bonchev–Trinajstić information content (AvgIpc) is 3.46. The van der Waals surface area contributed by atoms with Crippen LogP contribution in [-0.2, 0) is 26.2 Å². The summed E-state index contributed by atoms with van der Waals surface area (Å²) in [6.45, 7) is 1.48. The minimum Gasteiger partial charge on any atom is -0.352 e. The predicted molar refractivity (Wildman–Crippen MR) is 159 cm³/mol. The van der Waals surface area contributed by atoms with Crippen LogP contribution in [0, 0.1) is 0 Å². The molecule has 1 aliphatic carbocycles. The zero-order valence-electron chi connectivity index (χ0n) is 22.3. The van der Waals surface area contributed by atoms with E-state index < -0.39 is 28.5 Å².